The number of anilines is 1. The average molecular weight is 553 g/mol. The molecule has 6 heteroatoms. The van der Waals surface area contributed by atoms with E-state index < -0.39 is 0 Å². The summed E-state index contributed by atoms with van der Waals surface area (Å²) in [6.07, 6.45) is 5.95. The molecule has 4 atom stereocenters. The molecule has 1 fully saturated rings. The van der Waals surface area contributed by atoms with Gasteiger partial charge in [0.05, 0.1) is 32.1 Å². The summed E-state index contributed by atoms with van der Waals surface area (Å²) in [5.41, 5.74) is 3.75. The summed E-state index contributed by atoms with van der Waals surface area (Å²) < 4.78 is 23.4. The summed E-state index contributed by atoms with van der Waals surface area (Å²) in [5, 5.41) is 0. The van der Waals surface area contributed by atoms with Gasteiger partial charge in [-0.1, -0.05) is 32.0 Å². The van der Waals surface area contributed by atoms with E-state index in [1.807, 2.05) is 0 Å². The lowest BCUT2D eigenvalue weighted by Crippen LogP contribution is -2.36. The molecule has 2 aromatic rings. The van der Waals surface area contributed by atoms with Gasteiger partial charge in [-0.25, -0.2) is 0 Å². The van der Waals surface area contributed by atoms with E-state index in [1.54, 1.807) is 14.2 Å². The van der Waals surface area contributed by atoms with E-state index in [-0.39, 0.29) is 6.10 Å². The van der Waals surface area contributed by atoms with E-state index >= 15 is 0 Å². The Balaban J connectivity index is 1.44. The summed E-state index contributed by atoms with van der Waals surface area (Å²) >= 11 is 0. The van der Waals surface area contributed by atoms with E-state index in [0.29, 0.717) is 30.4 Å². The number of fused-ring (bicyclic) bond motifs is 1. The van der Waals surface area contributed by atoms with Crippen LogP contribution in [-0.2, 0) is 16.1 Å². The Morgan fingerprint density at radius 3 is 2.58 bits per heavy atom. The summed E-state index contributed by atoms with van der Waals surface area (Å²) in [5.74, 6) is 3.66. The van der Waals surface area contributed by atoms with E-state index in [1.165, 1.54) is 36.1 Å². The third-order valence-corrected chi connectivity index (χ3v) is 8.74. The molecule has 1 aliphatic carbocycles. The van der Waals surface area contributed by atoms with E-state index in [0.717, 1.165) is 57.2 Å². The number of nitrogens with zero attached hydrogens (tertiary/aromatic N) is 2. The minimum Gasteiger partial charge on any atom is -0.497 e. The third-order valence-electron chi connectivity index (χ3n) is 8.74. The van der Waals surface area contributed by atoms with Gasteiger partial charge in [-0.05, 0) is 93.3 Å². The van der Waals surface area contributed by atoms with E-state index in [9.17, 15) is 0 Å². The first kappa shape index (κ1) is 30.7. The van der Waals surface area contributed by atoms with Crippen LogP contribution in [-0.4, -0.2) is 71.2 Å². The van der Waals surface area contributed by atoms with Gasteiger partial charge in [0.1, 0.15) is 18.1 Å². The molecule has 0 radical (unpaired) electrons. The topological polar surface area (TPSA) is 43.4 Å². The molecule has 222 valence electrons. The minimum absolute atomic E-state index is 0.207. The standard InChI is InChI=1S/C34H52N2O4/c1-25(2)23-35(4)26(3)20-27-8-14-33(31(21-27)29-10-12-30(38-6)13-11-29)40-24-28-9-15-34-32(22-28)36(17-19-39-34)16-7-18-37-5/h9-13,15,22,25-27,31,33H,7-8,14,16-21,23-24H2,1-6H3/t26?,27-,31+,33-/m0/s1. The smallest absolute Gasteiger partial charge is 0.142 e. The SMILES string of the molecule is COCCCN1CCOc2ccc(CO[C@H]3CC[C@@H](CC(C)N(C)CC(C)C)C[C@@H]3c3ccc(OC)cc3)cc21. The van der Waals surface area contributed by atoms with Gasteiger partial charge in [0, 0.05) is 38.8 Å². The van der Waals surface area contributed by atoms with Gasteiger partial charge >= 0.3 is 0 Å². The van der Waals surface area contributed by atoms with Gasteiger partial charge in [-0.15, -0.1) is 0 Å². The highest BCUT2D eigenvalue weighted by atomic mass is 16.5. The number of ether oxygens (including phenoxy) is 4. The number of hydrogen-bond acceptors (Lipinski definition) is 6. The highest BCUT2D eigenvalue weighted by Gasteiger charge is 2.33. The van der Waals surface area contributed by atoms with Crippen LogP contribution in [0.4, 0.5) is 5.69 Å². The first-order valence-corrected chi connectivity index (χ1v) is 15.3. The van der Waals surface area contributed by atoms with Crippen molar-refractivity contribution in [1.82, 2.24) is 4.90 Å². The second-order valence-corrected chi connectivity index (χ2v) is 12.3. The molecule has 1 aliphatic heterocycles. The van der Waals surface area contributed by atoms with Crippen molar-refractivity contribution in [2.75, 3.05) is 59.0 Å². The molecule has 2 aromatic carbocycles. The maximum absolute atomic E-state index is 6.75. The fraction of sp³-hybridized carbons (Fsp3) is 0.647. The normalized spacial score (nSPS) is 21.8. The molecule has 0 amide bonds. The first-order chi connectivity index (χ1) is 19.4. The van der Waals surface area contributed by atoms with Gasteiger partial charge in [0.15, 0.2) is 0 Å². The van der Waals surface area contributed by atoms with Crippen LogP contribution in [0, 0.1) is 11.8 Å². The predicted octanol–water partition coefficient (Wildman–Crippen LogP) is 6.77. The zero-order valence-corrected chi connectivity index (χ0v) is 25.7. The van der Waals surface area contributed by atoms with E-state index in [4.69, 9.17) is 18.9 Å². The quantitative estimate of drug-likeness (QED) is 0.241. The molecule has 4 rings (SSSR count). The number of hydrogen-bond donors (Lipinski definition) is 0. The highest BCUT2D eigenvalue weighted by Crippen LogP contribution is 2.41. The fourth-order valence-corrected chi connectivity index (χ4v) is 6.51. The molecule has 0 spiro atoms. The van der Waals surface area contributed by atoms with Crippen LogP contribution in [0.1, 0.15) is 69.9 Å². The van der Waals surface area contributed by atoms with Crippen molar-refractivity contribution in [1.29, 1.82) is 0 Å². The van der Waals surface area contributed by atoms with Gasteiger partial charge in [-0.2, -0.15) is 0 Å². The summed E-state index contributed by atoms with van der Waals surface area (Å²) in [4.78, 5) is 4.96. The molecule has 2 aliphatic rings. The molecule has 6 nitrogen and oxygen atoms in total. The second-order valence-electron chi connectivity index (χ2n) is 12.3. The maximum Gasteiger partial charge on any atom is 0.142 e. The van der Waals surface area contributed by atoms with Crippen LogP contribution in [0.15, 0.2) is 42.5 Å². The van der Waals surface area contributed by atoms with Crippen LogP contribution in [0.5, 0.6) is 11.5 Å². The van der Waals surface area contributed by atoms with E-state index in [2.05, 4.69) is 80.1 Å². The monoisotopic (exact) mass is 552 g/mol. The van der Waals surface area contributed by atoms with Crippen LogP contribution < -0.4 is 14.4 Å². The zero-order valence-electron chi connectivity index (χ0n) is 25.7. The summed E-state index contributed by atoms with van der Waals surface area (Å²) in [6.45, 7) is 12.2. The fourth-order valence-electron chi connectivity index (χ4n) is 6.51. The molecule has 0 aromatic heterocycles. The Labute approximate surface area is 242 Å². The van der Waals surface area contributed by atoms with Gasteiger partial charge in [-0.3, -0.25) is 0 Å². The molecule has 1 unspecified atom stereocenters. The summed E-state index contributed by atoms with van der Waals surface area (Å²) in [6, 6.07) is 15.8. The lowest BCUT2D eigenvalue weighted by atomic mass is 9.74. The molecule has 0 saturated heterocycles. The molecular weight excluding hydrogens is 500 g/mol. The zero-order chi connectivity index (χ0) is 28.5. The molecule has 0 bridgehead atoms. The van der Waals surface area contributed by atoms with Crippen molar-refractivity contribution >= 4 is 5.69 Å². The molecular formula is C34H52N2O4. The average Bonchev–Trinajstić information content (AvgIpc) is 2.96. The molecule has 1 saturated carbocycles. The Hall–Kier alpha value is -2.28. The lowest BCUT2D eigenvalue weighted by molar-refractivity contribution is -0.0116. The Bertz CT molecular complexity index is 1030. The Morgan fingerprint density at radius 2 is 1.85 bits per heavy atom. The molecule has 1 heterocycles. The highest BCUT2D eigenvalue weighted by molar-refractivity contribution is 5.61. The van der Waals surface area contributed by atoms with Gasteiger partial charge in [0.25, 0.3) is 0 Å². The largest absolute Gasteiger partial charge is 0.497 e. The van der Waals surface area contributed by atoms with Gasteiger partial charge < -0.3 is 28.7 Å². The number of rotatable bonds is 14. The van der Waals surface area contributed by atoms with Crippen LogP contribution >= 0.6 is 0 Å². The van der Waals surface area contributed by atoms with Crippen molar-refractivity contribution in [3.8, 4) is 11.5 Å². The Morgan fingerprint density at radius 1 is 1.05 bits per heavy atom. The number of methoxy groups -OCH3 is 2. The van der Waals surface area contributed by atoms with Crippen molar-refractivity contribution in [2.24, 2.45) is 11.8 Å². The maximum atomic E-state index is 6.75. The van der Waals surface area contributed by atoms with Crippen LogP contribution in [0.3, 0.4) is 0 Å². The van der Waals surface area contributed by atoms with Crippen LogP contribution in [0.25, 0.3) is 0 Å². The Kier molecular flexibility index (Phi) is 11.6. The predicted molar refractivity (Wildman–Crippen MR) is 164 cm³/mol. The van der Waals surface area contributed by atoms with Crippen molar-refractivity contribution in [2.45, 2.75) is 77.5 Å². The molecule has 40 heavy (non-hydrogen) atoms. The minimum atomic E-state index is 0.207. The van der Waals surface area contributed by atoms with Crippen molar-refractivity contribution in [3.63, 3.8) is 0 Å². The second kappa shape index (κ2) is 15.1. The lowest BCUT2D eigenvalue weighted by Gasteiger charge is -2.39. The third kappa shape index (κ3) is 8.37. The van der Waals surface area contributed by atoms with Crippen LogP contribution in [0.2, 0.25) is 0 Å². The first-order valence-electron chi connectivity index (χ1n) is 15.3. The number of benzene rings is 2. The van der Waals surface area contributed by atoms with Crippen molar-refractivity contribution in [3.05, 3.63) is 53.6 Å². The molecule has 0 N–H and O–H groups in total. The van der Waals surface area contributed by atoms with Crippen molar-refractivity contribution < 1.29 is 18.9 Å². The summed E-state index contributed by atoms with van der Waals surface area (Å²) in [7, 11) is 5.78. The van der Waals surface area contributed by atoms with Gasteiger partial charge in [0.2, 0.25) is 0 Å².